The minimum atomic E-state index is 0.709. The van der Waals surface area contributed by atoms with Crippen molar-refractivity contribution in [2.75, 3.05) is 45.9 Å². The quantitative estimate of drug-likeness (QED) is 0.777. The summed E-state index contributed by atoms with van der Waals surface area (Å²) in [6.07, 6.45) is 0. The number of ether oxygens (including phenoxy) is 2. The smallest absolute Gasteiger partial charge is 0.131 e. The van der Waals surface area contributed by atoms with Gasteiger partial charge in [0, 0.05) is 38.8 Å². The summed E-state index contributed by atoms with van der Waals surface area (Å²) in [5, 5.41) is 0. The van der Waals surface area contributed by atoms with Crippen molar-refractivity contribution < 1.29 is 9.47 Å². The molecule has 1 aliphatic heterocycles. The minimum Gasteiger partial charge on any atom is -0.492 e. The van der Waals surface area contributed by atoms with Gasteiger partial charge in [-0.3, -0.25) is 4.90 Å². The zero-order valence-electron chi connectivity index (χ0n) is 14.4. The van der Waals surface area contributed by atoms with Crippen molar-refractivity contribution in [2.24, 2.45) is 0 Å². The monoisotopic (exact) mass is 326 g/mol. The Morgan fingerprint density at radius 3 is 2.21 bits per heavy atom. The highest BCUT2D eigenvalue weighted by molar-refractivity contribution is 5.36. The van der Waals surface area contributed by atoms with Gasteiger partial charge in [0.15, 0.2) is 0 Å². The van der Waals surface area contributed by atoms with Gasteiger partial charge in [-0.05, 0) is 30.8 Å². The van der Waals surface area contributed by atoms with Crippen LogP contribution in [0.25, 0.3) is 0 Å². The number of piperazine rings is 1. The number of rotatable bonds is 7. The molecule has 0 bridgehead atoms. The lowest BCUT2D eigenvalue weighted by Gasteiger charge is -2.33. The Bertz CT molecular complexity index is 610. The highest BCUT2D eigenvalue weighted by Crippen LogP contribution is 2.24. The van der Waals surface area contributed by atoms with Crippen LogP contribution in [-0.2, 0) is 0 Å². The fourth-order valence-electron chi connectivity index (χ4n) is 2.87. The van der Waals surface area contributed by atoms with Crippen LogP contribution in [-0.4, -0.2) is 55.7 Å². The maximum atomic E-state index is 5.91. The molecule has 0 spiro atoms. The van der Waals surface area contributed by atoms with Crippen LogP contribution < -0.4 is 9.47 Å². The number of nitrogens with zero attached hydrogens (tertiary/aromatic N) is 2. The van der Waals surface area contributed by atoms with E-state index in [1.807, 2.05) is 54.6 Å². The highest BCUT2D eigenvalue weighted by Gasteiger charge is 2.14. The molecule has 0 aliphatic carbocycles. The first-order chi connectivity index (χ1) is 11.8. The van der Waals surface area contributed by atoms with Crippen LogP contribution in [0.4, 0.5) is 0 Å². The van der Waals surface area contributed by atoms with Crippen molar-refractivity contribution in [3.8, 4) is 17.2 Å². The summed E-state index contributed by atoms with van der Waals surface area (Å²) < 4.78 is 11.7. The summed E-state index contributed by atoms with van der Waals surface area (Å²) in [6.45, 7) is 9.65. The summed E-state index contributed by atoms with van der Waals surface area (Å²) in [5.41, 5.74) is 0. The molecule has 3 rings (SSSR count). The van der Waals surface area contributed by atoms with E-state index in [1.54, 1.807) is 0 Å². The van der Waals surface area contributed by atoms with Crippen LogP contribution in [0, 0.1) is 0 Å². The number of likely N-dealkylation sites (N-methyl/N-ethyl adjacent to an activating group) is 1. The van der Waals surface area contributed by atoms with Gasteiger partial charge in [-0.1, -0.05) is 31.2 Å². The van der Waals surface area contributed by atoms with Crippen molar-refractivity contribution in [2.45, 2.75) is 6.92 Å². The predicted octanol–water partition coefficient (Wildman–Crippen LogP) is 3.50. The Kier molecular flexibility index (Phi) is 6.10. The normalized spacial score (nSPS) is 16.0. The zero-order chi connectivity index (χ0) is 16.6. The first-order valence-electron chi connectivity index (χ1n) is 8.74. The van der Waals surface area contributed by atoms with E-state index in [4.69, 9.17) is 9.47 Å². The molecular formula is C20H26N2O2. The molecular weight excluding hydrogens is 300 g/mol. The first-order valence-corrected chi connectivity index (χ1v) is 8.74. The van der Waals surface area contributed by atoms with Crippen LogP contribution in [0.5, 0.6) is 17.2 Å². The summed E-state index contributed by atoms with van der Waals surface area (Å²) in [4.78, 5) is 4.96. The lowest BCUT2D eigenvalue weighted by molar-refractivity contribution is 0.121. The lowest BCUT2D eigenvalue weighted by Crippen LogP contribution is -2.47. The molecule has 24 heavy (non-hydrogen) atoms. The fourth-order valence-corrected chi connectivity index (χ4v) is 2.87. The van der Waals surface area contributed by atoms with Gasteiger partial charge in [-0.15, -0.1) is 0 Å². The Balaban J connectivity index is 1.45. The Morgan fingerprint density at radius 2 is 1.46 bits per heavy atom. The lowest BCUT2D eigenvalue weighted by atomic mass is 10.3. The molecule has 0 atom stereocenters. The topological polar surface area (TPSA) is 24.9 Å². The molecule has 4 heteroatoms. The molecule has 0 unspecified atom stereocenters. The number of benzene rings is 2. The summed E-state index contributed by atoms with van der Waals surface area (Å²) in [7, 11) is 0. The van der Waals surface area contributed by atoms with Crippen LogP contribution in [0.15, 0.2) is 54.6 Å². The minimum absolute atomic E-state index is 0.709. The van der Waals surface area contributed by atoms with Crippen molar-refractivity contribution in [3.63, 3.8) is 0 Å². The van der Waals surface area contributed by atoms with Crippen LogP contribution in [0.3, 0.4) is 0 Å². The molecule has 1 heterocycles. The average molecular weight is 326 g/mol. The molecule has 128 valence electrons. The van der Waals surface area contributed by atoms with E-state index in [1.165, 1.54) is 0 Å². The van der Waals surface area contributed by atoms with E-state index < -0.39 is 0 Å². The van der Waals surface area contributed by atoms with E-state index >= 15 is 0 Å². The second kappa shape index (κ2) is 8.71. The van der Waals surface area contributed by atoms with Gasteiger partial charge in [0.2, 0.25) is 0 Å². The third kappa shape index (κ3) is 4.98. The van der Waals surface area contributed by atoms with E-state index in [0.717, 1.165) is 56.5 Å². The van der Waals surface area contributed by atoms with Gasteiger partial charge in [0.1, 0.15) is 23.9 Å². The molecule has 2 aromatic carbocycles. The Labute approximate surface area is 144 Å². The molecule has 1 saturated heterocycles. The van der Waals surface area contributed by atoms with Crippen molar-refractivity contribution in [1.82, 2.24) is 9.80 Å². The molecule has 0 aromatic heterocycles. The molecule has 2 aromatic rings. The zero-order valence-corrected chi connectivity index (χ0v) is 14.4. The van der Waals surface area contributed by atoms with Crippen LogP contribution >= 0.6 is 0 Å². The number of para-hydroxylation sites is 1. The van der Waals surface area contributed by atoms with Gasteiger partial charge < -0.3 is 14.4 Å². The van der Waals surface area contributed by atoms with Gasteiger partial charge in [0.25, 0.3) is 0 Å². The third-order valence-electron chi connectivity index (χ3n) is 4.37. The van der Waals surface area contributed by atoms with E-state index in [2.05, 4.69) is 16.7 Å². The van der Waals surface area contributed by atoms with E-state index in [0.29, 0.717) is 6.61 Å². The number of hydrogen-bond acceptors (Lipinski definition) is 4. The van der Waals surface area contributed by atoms with Gasteiger partial charge >= 0.3 is 0 Å². The molecule has 0 amide bonds. The first kappa shape index (κ1) is 16.8. The second-order valence-corrected chi connectivity index (χ2v) is 6.01. The van der Waals surface area contributed by atoms with Gasteiger partial charge in [-0.25, -0.2) is 0 Å². The van der Waals surface area contributed by atoms with Crippen molar-refractivity contribution in [1.29, 1.82) is 0 Å². The average Bonchev–Trinajstić information content (AvgIpc) is 2.63. The summed E-state index contributed by atoms with van der Waals surface area (Å²) in [6, 6.07) is 17.6. The van der Waals surface area contributed by atoms with E-state index in [-0.39, 0.29) is 0 Å². The van der Waals surface area contributed by atoms with Crippen molar-refractivity contribution >= 4 is 0 Å². The SMILES string of the molecule is CCN1CCN(CCOc2cccc(Oc3ccccc3)c2)CC1. The molecule has 1 aliphatic rings. The maximum absolute atomic E-state index is 5.91. The molecule has 4 nitrogen and oxygen atoms in total. The predicted molar refractivity (Wildman–Crippen MR) is 97.0 cm³/mol. The van der Waals surface area contributed by atoms with E-state index in [9.17, 15) is 0 Å². The summed E-state index contributed by atoms with van der Waals surface area (Å²) in [5.74, 6) is 2.49. The number of hydrogen-bond donors (Lipinski definition) is 0. The molecule has 0 saturated carbocycles. The second-order valence-electron chi connectivity index (χ2n) is 6.01. The van der Waals surface area contributed by atoms with Crippen molar-refractivity contribution in [3.05, 3.63) is 54.6 Å². The highest BCUT2D eigenvalue weighted by atomic mass is 16.5. The van der Waals surface area contributed by atoms with Crippen LogP contribution in [0.1, 0.15) is 6.92 Å². The largest absolute Gasteiger partial charge is 0.492 e. The molecule has 1 fully saturated rings. The maximum Gasteiger partial charge on any atom is 0.131 e. The Morgan fingerprint density at radius 1 is 0.792 bits per heavy atom. The summed E-state index contributed by atoms with van der Waals surface area (Å²) >= 11 is 0. The van der Waals surface area contributed by atoms with Gasteiger partial charge in [-0.2, -0.15) is 0 Å². The van der Waals surface area contributed by atoms with Gasteiger partial charge in [0.05, 0.1) is 0 Å². The standard InChI is InChI=1S/C20H26N2O2/c1-2-21-11-13-22(14-12-21)15-16-23-19-9-6-10-20(17-19)24-18-7-4-3-5-8-18/h3-10,17H,2,11-16H2,1H3. The van der Waals surface area contributed by atoms with Crippen LogP contribution in [0.2, 0.25) is 0 Å². The third-order valence-corrected chi connectivity index (χ3v) is 4.37. The Hall–Kier alpha value is -2.04. The molecule has 0 N–H and O–H groups in total. The fraction of sp³-hybridized carbons (Fsp3) is 0.400. The molecule has 0 radical (unpaired) electrons.